The van der Waals surface area contributed by atoms with E-state index in [1.165, 1.54) is 11.0 Å². The van der Waals surface area contributed by atoms with Crippen LogP contribution < -0.4 is 0 Å². The van der Waals surface area contributed by atoms with Crippen LogP contribution in [0.4, 0.5) is 39.5 Å². The van der Waals surface area contributed by atoms with E-state index in [4.69, 9.17) is 0 Å². The lowest BCUT2D eigenvalue weighted by Gasteiger charge is -2.42. The zero-order chi connectivity index (χ0) is 28.5. The lowest BCUT2D eigenvalue weighted by Crippen LogP contribution is -2.40. The number of rotatable bonds is 7. The summed E-state index contributed by atoms with van der Waals surface area (Å²) < 4.78 is 120. The third-order valence-corrected chi connectivity index (χ3v) is 6.79. The molecule has 0 amide bonds. The number of carboxylic acids is 1. The smallest absolute Gasteiger partial charge is 0.416 e. The standard InChI is InChI=1S/C26H24F9NO2/c1-2-3-20(23(37)38)16-10-11-36(22(13-16)15-4-6-18(7-5-15)24(27,28)29)14-17-12-19(25(30,31)32)8-9-21(17)26(33,34)35/h2,4-9,12,16,20,22H,1,3,10-11,13-14H2,(H,37,38)/t16?,20-,22?/m0/s1. The van der Waals surface area contributed by atoms with Gasteiger partial charge in [-0.05, 0) is 73.2 Å². The minimum Gasteiger partial charge on any atom is -0.481 e. The summed E-state index contributed by atoms with van der Waals surface area (Å²) in [5.41, 5.74) is -3.82. The molecule has 0 spiro atoms. The summed E-state index contributed by atoms with van der Waals surface area (Å²) in [6.45, 7) is 2.99. The number of carbonyl (C=O) groups is 1. The van der Waals surface area contributed by atoms with Crippen LogP contribution in [-0.2, 0) is 29.9 Å². The van der Waals surface area contributed by atoms with Gasteiger partial charge < -0.3 is 5.11 Å². The molecule has 12 heteroatoms. The van der Waals surface area contributed by atoms with Gasteiger partial charge in [0.15, 0.2) is 0 Å². The summed E-state index contributed by atoms with van der Waals surface area (Å²) >= 11 is 0. The first-order chi connectivity index (χ1) is 17.5. The fraction of sp³-hybridized carbons (Fsp3) is 0.423. The Labute approximate surface area is 212 Å². The number of carboxylic acid groups (broad SMARTS) is 1. The van der Waals surface area contributed by atoms with Crippen molar-refractivity contribution in [3.8, 4) is 0 Å². The number of nitrogens with zero attached hydrogens (tertiary/aromatic N) is 1. The van der Waals surface area contributed by atoms with Crippen molar-refractivity contribution < 1.29 is 49.4 Å². The van der Waals surface area contributed by atoms with E-state index >= 15 is 0 Å². The number of likely N-dealkylation sites (tertiary alicyclic amines) is 1. The van der Waals surface area contributed by atoms with E-state index in [9.17, 15) is 49.4 Å². The Bertz CT molecular complexity index is 1140. The van der Waals surface area contributed by atoms with Crippen molar-refractivity contribution in [2.75, 3.05) is 6.54 Å². The first-order valence-electron chi connectivity index (χ1n) is 11.5. The van der Waals surface area contributed by atoms with Crippen LogP contribution in [0.25, 0.3) is 0 Å². The number of alkyl halides is 9. The molecule has 1 aliphatic heterocycles. The van der Waals surface area contributed by atoms with Gasteiger partial charge >= 0.3 is 24.5 Å². The van der Waals surface area contributed by atoms with E-state index in [0.717, 1.165) is 24.3 Å². The molecule has 0 aromatic heterocycles. The second-order valence-electron chi connectivity index (χ2n) is 9.23. The summed E-state index contributed by atoms with van der Waals surface area (Å²) in [7, 11) is 0. The van der Waals surface area contributed by atoms with Crippen LogP contribution in [0, 0.1) is 11.8 Å². The number of aliphatic carboxylic acids is 1. The minimum absolute atomic E-state index is 0.0187. The number of halogens is 9. The predicted molar refractivity (Wildman–Crippen MR) is 120 cm³/mol. The predicted octanol–water partition coefficient (Wildman–Crippen LogP) is 7.97. The molecule has 0 bridgehead atoms. The van der Waals surface area contributed by atoms with Gasteiger partial charge in [-0.15, -0.1) is 6.58 Å². The van der Waals surface area contributed by atoms with E-state index in [1.54, 1.807) is 0 Å². The summed E-state index contributed by atoms with van der Waals surface area (Å²) in [5.74, 6) is -2.49. The average Bonchev–Trinajstić information content (AvgIpc) is 2.81. The third kappa shape index (κ3) is 6.89. The van der Waals surface area contributed by atoms with Gasteiger partial charge in [0.2, 0.25) is 0 Å². The maximum absolute atomic E-state index is 13.7. The number of piperidine rings is 1. The van der Waals surface area contributed by atoms with Crippen LogP contribution in [0.15, 0.2) is 55.1 Å². The zero-order valence-electron chi connectivity index (χ0n) is 19.8. The molecule has 1 saturated heterocycles. The zero-order valence-corrected chi connectivity index (χ0v) is 19.8. The molecule has 3 rings (SSSR count). The molecule has 2 unspecified atom stereocenters. The van der Waals surface area contributed by atoms with Crippen molar-refractivity contribution in [2.45, 2.75) is 50.4 Å². The highest BCUT2D eigenvalue weighted by molar-refractivity contribution is 5.70. The van der Waals surface area contributed by atoms with Crippen LogP contribution in [0.3, 0.4) is 0 Å². The second-order valence-corrected chi connectivity index (χ2v) is 9.23. The topological polar surface area (TPSA) is 40.5 Å². The van der Waals surface area contributed by atoms with Crippen LogP contribution in [-0.4, -0.2) is 22.5 Å². The van der Waals surface area contributed by atoms with Gasteiger partial charge in [-0.1, -0.05) is 18.2 Å². The second kappa shape index (κ2) is 11.0. The molecular formula is C26H24F9NO2. The Morgan fingerprint density at radius 1 is 0.947 bits per heavy atom. The molecule has 0 aliphatic carbocycles. The highest BCUT2D eigenvalue weighted by Gasteiger charge is 2.40. The highest BCUT2D eigenvalue weighted by atomic mass is 19.4. The molecule has 38 heavy (non-hydrogen) atoms. The lowest BCUT2D eigenvalue weighted by atomic mass is 9.77. The van der Waals surface area contributed by atoms with Crippen molar-refractivity contribution in [3.05, 3.63) is 82.9 Å². The van der Waals surface area contributed by atoms with Gasteiger partial charge in [-0.3, -0.25) is 9.69 Å². The Morgan fingerprint density at radius 3 is 2.03 bits per heavy atom. The largest absolute Gasteiger partial charge is 0.481 e. The van der Waals surface area contributed by atoms with E-state index in [1.807, 2.05) is 0 Å². The molecule has 1 aliphatic rings. The molecule has 208 valence electrons. The molecule has 2 aromatic carbocycles. The summed E-state index contributed by atoms with van der Waals surface area (Å²) in [6.07, 6.45) is -12.7. The van der Waals surface area contributed by atoms with E-state index < -0.39 is 71.2 Å². The molecule has 3 nitrogen and oxygen atoms in total. The van der Waals surface area contributed by atoms with E-state index in [0.29, 0.717) is 18.2 Å². The first-order valence-corrected chi connectivity index (χ1v) is 11.5. The minimum atomic E-state index is -4.94. The monoisotopic (exact) mass is 553 g/mol. The Hall–Kier alpha value is -3.02. The van der Waals surface area contributed by atoms with Gasteiger partial charge in [0.1, 0.15) is 0 Å². The number of benzene rings is 2. The van der Waals surface area contributed by atoms with Crippen LogP contribution in [0.1, 0.15) is 53.1 Å². The van der Waals surface area contributed by atoms with Crippen molar-refractivity contribution in [3.63, 3.8) is 0 Å². The molecule has 0 saturated carbocycles. The Kier molecular flexibility index (Phi) is 8.55. The third-order valence-electron chi connectivity index (χ3n) is 6.79. The highest BCUT2D eigenvalue weighted by Crippen LogP contribution is 2.43. The number of hydrogen-bond acceptors (Lipinski definition) is 2. The SMILES string of the molecule is C=CC[C@H](C(=O)O)C1CCN(Cc2cc(C(F)(F)F)ccc2C(F)(F)F)C(c2ccc(C(F)(F)F)cc2)C1. The summed E-state index contributed by atoms with van der Waals surface area (Å²) in [5, 5.41) is 9.66. The molecule has 2 aromatic rings. The van der Waals surface area contributed by atoms with E-state index in [2.05, 4.69) is 6.58 Å². The van der Waals surface area contributed by atoms with Crippen molar-refractivity contribution in [1.82, 2.24) is 4.90 Å². The average molecular weight is 553 g/mol. The molecular weight excluding hydrogens is 529 g/mol. The van der Waals surface area contributed by atoms with Crippen molar-refractivity contribution in [2.24, 2.45) is 11.8 Å². The quantitative estimate of drug-likeness (QED) is 0.279. The van der Waals surface area contributed by atoms with Gasteiger partial charge in [0, 0.05) is 12.6 Å². The summed E-state index contributed by atoms with van der Waals surface area (Å²) in [6, 6.07) is 4.23. The fourth-order valence-corrected chi connectivity index (χ4v) is 4.91. The number of allylic oxidation sites excluding steroid dienone is 1. The van der Waals surface area contributed by atoms with Gasteiger partial charge in [0.05, 0.1) is 22.6 Å². The van der Waals surface area contributed by atoms with Crippen molar-refractivity contribution >= 4 is 5.97 Å². The van der Waals surface area contributed by atoms with Gasteiger partial charge in [-0.2, -0.15) is 39.5 Å². The van der Waals surface area contributed by atoms with Gasteiger partial charge in [-0.25, -0.2) is 0 Å². The Balaban J connectivity index is 2.04. The van der Waals surface area contributed by atoms with Crippen LogP contribution in [0.2, 0.25) is 0 Å². The van der Waals surface area contributed by atoms with Crippen LogP contribution in [0.5, 0.6) is 0 Å². The molecule has 3 atom stereocenters. The van der Waals surface area contributed by atoms with Crippen molar-refractivity contribution in [1.29, 1.82) is 0 Å². The summed E-state index contributed by atoms with van der Waals surface area (Å²) in [4.78, 5) is 13.3. The maximum atomic E-state index is 13.7. The fourth-order valence-electron chi connectivity index (χ4n) is 4.91. The van der Waals surface area contributed by atoms with Gasteiger partial charge in [0.25, 0.3) is 0 Å². The molecule has 1 fully saturated rings. The molecule has 1 heterocycles. The lowest BCUT2D eigenvalue weighted by molar-refractivity contribution is -0.145. The Morgan fingerprint density at radius 2 is 1.53 bits per heavy atom. The molecule has 0 radical (unpaired) electrons. The first kappa shape index (κ1) is 29.5. The normalized spacial score (nSPS) is 20.2. The maximum Gasteiger partial charge on any atom is 0.416 e. The van der Waals surface area contributed by atoms with Crippen LogP contribution >= 0.6 is 0 Å². The molecule has 1 N–H and O–H groups in total. The van der Waals surface area contributed by atoms with E-state index in [-0.39, 0.29) is 31.4 Å². The number of hydrogen-bond donors (Lipinski definition) is 1.